The number of ether oxygens (including phenoxy) is 2. The Labute approximate surface area is 331 Å². The maximum atomic E-state index is 12.6. The largest absolute Gasteiger partial charge is 0.756 e. The molecule has 0 N–H and O–H groups in total. The Hall–Kier alpha value is -1.77. The molecule has 0 aliphatic rings. The number of carbonyl (C=O) groups is 2. The predicted octanol–water partition coefficient (Wildman–Crippen LogP) is 11.5. The van der Waals surface area contributed by atoms with E-state index in [0.717, 1.165) is 70.6 Å². The normalized spacial score (nSPS) is 14.0. The van der Waals surface area contributed by atoms with Gasteiger partial charge < -0.3 is 27.9 Å². The van der Waals surface area contributed by atoms with Crippen molar-refractivity contribution < 1.29 is 42.1 Å². The van der Waals surface area contributed by atoms with Gasteiger partial charge in [-0.05, 0) is 64.2 Å². The Morgan fingerprint density at radius 2 is 1.02 bits per heavy atom. The number of likely N-dealkylation sites (N-methyl/N-ethyl adjacent to an activating group) is 1. The van der Waals surface area contributed by atoms with Gasteiger partial charge in [0.15, 0.2) is 6.10 Å². The molecule has 0 heterocycles. The Morgan fingerprint density at radius 3 is 1.54 bits per heavy atom. The highest BCUT2D eigenvalue weighted by molar-refractivity contribution is 7.45. The second-order valence-electron chi connectivity index (χ2n) is 15.7. The number of phosphoric ester groups is 1. The molecular weight excluding hydrogens is 701 g/mol. The molecule has 54 heavy (non-hydrogen) atoms. The van der Waals surface area contributed by atoms with Crippen molar-refractivity contribution in [2.24, 2.45) is 0 Å². The molecule has 0 amide bonds. The molecule has 1 unspecified atom stereocenters. The lowest BCUT2D eigenvalue weighted by atomic mass is 10.1. The predicted molar refractivity (Wildman–Crippen MR) is 222 cm³/mol. The first-order chi connectivity index (χ1) is 26.0. The molecule has 0 saturated carbocycles. The van der Waals surface area contributed by atoms with Crippen molar-refractivity contribution >= 4 is 19.8 Å². The highest BCUT2D eigenvalue weighted by atomic mass is 31.2. The molecule has 2 atom stereocenters. The van der Waals surface area contributed by atoms with Gasteiger partial charge in [-0.3, -0.25) is 14.2 Å². The fourth-order valence-corrected chi connectivity index (χ4v) is 6.39. The smallest absolute Gasteiger partial charge is 0.306 e. The van der Waals surface area contributed by atoms with Crippen LogP contribution in [0.2, 0.25) is 0 Å². The third-order valence-electron chi connectivity index (χ3n) is 9.13. The van der Waals surface area contributed by atoms with Crippen LogP contribution in [0.25, 0.3) is 0 Å². The molecule has 0 aliphatic carbocycles. The number of unbranched alkanes of at least 4 members (excludes halogenated alkanes) is 19. The first kappa shape index (κ1) is 52.2. The van der Waals surface area contributed by atoms with Crippen LogP contribution in [-0.2, 0) is 32.7 Å². The molecule has 0 spiro atoms. The molecule has 0 aliphatic heterocycles. The second-order valence-corrected chi connectivity index (χ2v) is 17.1. The van der Waals surface area contributed by atoms with E-state index in [1.807, 2.05) is 21.1 Å². The summed E-state index contributed by atoms with van der Waals surface area (Å²) in [6, 6.07) is 0. The van der Waals surface area contributed by atoms with Crippen LogP contribution in [0.4, 0.5) is 0 Å². The van der Waals surface area contributed by atoms with E-state index in [1.165, 1.54) is 77.0 Å². The molecule has 316 valence electrons. The Bertz CT molecular complexity index is 1020. The summed E-state index contributed by atoms with van der Waals surface area (Å²) in [6.07, 6.45) is 40.3. The molecule has 0 fully saturated rings. The molecule has 0 saturated heterocycles. The van der Waals surface area contributed by atoms with Gasteiger partial charge >= 0.3 is 11.9 Å². The van der Waals surface area contributed by atoms with Gasteiger partial charge in [-0.25, -0.2) is 0 Å². The first-order valence-electron chi connectivity index (χ1n) is 21.7. The fourth-order valence-electron chi connectivity index (χ4n) is 5.66. The second kappa shape index (κ2) is 36.8. The van der Waals surface area contributed by atoms with Gasteiger partial charge in [0.25, 0.3) is 7.82 Å². The lowest BCUT2D eigenvalue weighted by molar-refractivity contribution is -0.870. The van der Waals surface area contributed by atoms with Crippen LogP contribution in [0.15, 0.2) is 36.5 Å². The summed E-state index contributed by atoms with van der Waals surface area (Å²) in [5.41, 5.74) is 0. The molecule has 0 aromatic heterocycles. The number of esters is 2. The monoisotopic (exact) mass is 784 g/mol. The van der Waals surface area contributed by atoms with Crippen molar-refractivity contribution in [2.75, 3.05) is 47.5 Å². The molecule has 0 bridgehead atoms. The van der Waals surface area contributed by atoms with Crippen LogP contribution in [0.5, 0.6) is 0 Å². The average molecular weight is 784 g/mol. The lowest BCUT2D eigenvalue weighted by Crippen LogP contribution is -2.37. The molecule has 0 aromatic rings. The van der Waals surface area contributed by atoms with Gasteiger partial charge in [-0.1, -0.05) is 140 Å². The van der Waals surface area contributed by atoms with Crippen molar-refractivity contribution in [3.8, 4) is 0 Å². The zero-order valence-corrected chi connectivity index (χ0v) is 36.3. The summed E-state index contributed by atoms with van der Waals surface area (Å²) in [6.45, 7) is 4.14. The quantitative estimate of drug-likeness (QED) is 0.0199. The third kappa shape index (κ3) is 39.9. The highest BCUT2D eigenvalue weighted by Crippen LogP contribution is 2.38. The van der Waals surface area contributed by atoms with Gasteiger partial charge in [0.2, 0.25) is 0 Å². The number of nitrogens with zero attached hydrogens (tertiary/aromatic N) is 1. The summed E-state index contributed by atoms with van der Waals surface area (Å²) < 4.78 is 33.8. The Morgan fingerprint density at radius 1 is 0.574 bits per heavy atom. The lowest BCUT2D eigenvalue weighted by Gasteiger charge is -2.28. The van der Waals surface area contributed by atoms with Gasteiger partial charge in [-0.15, -0.1) is 0 Å². The Balaban J connectivity index is 4.31. The van der Waals surface area contributed by atoms with Crippen LogP contribution < -0.4 is 4.89 Å². The zero-order chi connectivity index (χ0) is 40.0. The van der Waals surface area contributed by atoms with Crippen LogP contribution in [-0.4, -0.2) is 70.0 Å². The van der Waals surface area contributed by atoms with E-state index in [-0.39, 0.29) is 26.1 Å². The summed E-state index contributed by atoms with van der Waals surface area (Å²) in [7, 11) is 1.15. The minimum absolute atomic E-state index is 0.0333. The molecule has 0 aromatic carbocycles. The number of allylic oxidation sites excluding steroid dienone is 6. The maximum Gasteiger partial charge on any atom is 0.306 e. The molecule has 10 heteroatoms. The summed E-state index contributed by atoms with van der Waals surface area (Å²) in [5, 5.41) is 0. The maximum absolute atomic E-state index is 12.6. The van der Waals surface area contributed by atoms with Crippen molar-refractivity contribution in [3.05, 3.63) is 36.5 Å². The Kier molecular flexibility index (Phi) is 35.6. The van der Waals surface area contributed by atoms with E-state index in [1.54, 1.807) is 0 Å². The van der Waals surface area contributed by atoms with E-state index in [9.17, 15) is 19.0 Å². The van der Waals surface area contributed by atoms with Crippen LogP contribution >= 0.6 is 7.82 Å². The van der Waals surface area contributed by atoms with Crippen molar-refractivity contribution in [1.82, 2.24) is 0 Å². The van der Waals surface area contributed by atoms with Gasteiger partial charge in [-0.2, -0.15) is 0 Å². The average Bonchev–Trinajstić information content (AvgIpc) is 3.12. The number of hydrogen-bond acceptors (Lipinski definition) is 8. The molecule has 0 rings (SSSR count). The molecule has 0 radical (unpaired) electrons. The summed E-state index contributed by atoms with van der Waals surface area (Å²) >= 11 is 0. The zero-order valence-electron chi connectivity index (χ0n) is 35.4. The fraction of sp³-hybridized carbons (Fsp3) is 0.818. The molecule has 9 nitrogen and oxygen atoms in total. The number of phosphoric acid groups is 1. The van der Waals surface area contributed by atoms with Gasteiger partial charge in [0.05, 0.1) is 27.7 Å². The van der Waals surface area contributed by atoms with E-state index in [2.05, 4.69) is 50.3 Å². The number of quaternary nitrogens is 1. The van der Waals surface area contributed by atoms with Gasteiger partial charge in [0.1, 0.15) is 19.8 Å². The van der Waals surface area contributed by atoms with Crippen molar-refractivity contribution in [3.63, 3.8) is 0 Å². The van der Waals surface area contributed by atoms with Gasteiger partial charge in [0, 0.05) is 12.8 Å². The summed E-state index contributed by atoms with van der Waals surface area (Å²) in [5.74, 6) is -0.851. The first-order valence-corrected chi connectivity index (χ1v) is 23.2. The minimum atomic E-state index is -4.62. The van der Waals surface area contributed by atoms with E-state index < -0.39 is 32.5 Å². The topological polar surface area (TPSA) is 111 Å². The SMILES string of the molecule is CCCC/C=C\CCCCCCCC(=O)O[C@H](COC(=O)CCCCCCCCCCC/C=C\C/C=C\CCCCC)COP(=O)([O-])OCC[N+](C)(C)C. The van der Waals surface area contributed by atoms with Crippen LogP contribution in [0, 0.1) is 0 Å². The standard InChI is InChI=1S/C44H82NO8P/c1-6-8-10-12-14-16-18-19-20-21-22-23-24-25-27-28-30-32-34-36-43(46)50-40-42(41-52-54(48,49)51-39-38-45(3,4)5)53-44(47)37-35-33-31-29-26-17-15-13-11-9-7-2/h13-16,19-20,42H,6-12,17-18,21-41H2,1-5H3/b15-13-,16-14-,20-19-/t42-/m1/s1. The van der Waals surface area contributed by atoms with Crippen molar-refractivity contribution in [2.45, 2.75) is 187 Å². The van der Waals surface area contributed by atoms with E-state index >= 15 is 0 Å². The number of rotatable bonds is 39. The minimum Gasteiger partial charge on any atom is -0.756 e. The number of carbonyl (C=O) groups excluding carboxylic acids is 2. The van der Waals surface area contributed by atoms with Crippen LogP contribution in [0.3, 0.4) is 0 Å². The summed E-state index contributed by atoms with van der Waals surface area (Å²) in [4.78, 5) is 37.4. The van der Waals surface area contributed by atoms with E-state index in [4.69, 9.17) is 18.5 Å². The van der Waals surface area contributed by atoms with E-state index in [0.29, 0.717) is 17.4 Å². The van der Waals surface area contributed by atoms with Crippen LogP contribution in [0.1, 0.15) is 181 Å². The number of hydrogen-bond donors (Lipinski definition) is 0. The third-order valence-corrected chi connectivity index (χ3v) is 10.1. The van der Waals surface area contributed by atoms with Crippen molar-refractivity contribution in [1.29, 1.82) is 0 Å². The molecular formula is C44H82NO8P. The highest BCUT2D eigenvalue weighted by Gasteiger charge is 2.21.